The molecule has 0 aromatic carbocycles. The Bertz CT molecular complexity index is 454. The predicted octanol–water partition coefficient (Wildman–Crippen LogP) is 3.33. The first-order valence-electron chi connectivity index (χ1n) is 6.75. The summed E-state index contributed by atoms with van der Waals surface area (Å²) in [6, 6.07) is 0. The van der Waals surface area contributed by atoms with Gasteiger partial charge in [0.2, 0.25) is 0 Å². The standard InChI is InChI=1S/C16H22O2/c1-4-5-7-12-10-16(3)9-6-8-13(17)14(16)11(2)15(12)18/h4-5,7,13,17H,6,8-10H2,1-3H3/b5-4+,12-7+/t13?,16-/m0/s1. The summed E-state index contributed by atoms with van der Waals surface area (Å²) in [7, 11) is 0. The van der Waals surface area contributed by atoms with Gasteiger partial charge in [0.15, 0.2) is 5.78 Å². The molecule has 2 atom stereocenters. The van der Waals surface area contributed by atoms with Crippen LogP contribution in [0.25, 0.3) is 0 Å². The van der Waals surface area contributed by atoms with Crippen molar-refractivity contribution in [2.75, 3.05) is 0 Å². The summed E-state index contributed by atoms with van der Waals surface area (Å²) in [6.45, 7) is 6.00. The lowest BCUT2D eigenvalue weighted by Crippen LogP contribution is -2.38. The van der Waals surface area contributed by atoms with Crippen LogP contribution in [0.2, 0.25) is 0 Å². The van der Waals surface area contributed by atoms with Crippen LogP contribution in [0.1, 0.15) is 46.5 Å². The number of aliphatic hydroxyl groups is 1. The molecule has 0 amide bonds. The highest BCUT2D eigenvalue weighted by Gasteiger charge is 2.43. The summed E-state index contributed by atoms with van der Waals surface area (Å²) in [5, 5.41) is 10.2. The molecule has 2 aliphatic rings. The summed E-state index contributed by atoms with van der Waals surface area (Å²) in [6.07, 6.45) is 9.03. The topological polar surface area (TPSA) is 37.3 Å². The van der Waals surface area contributed by atoms with Crippen molar-refractivity contribution in [3.05, 3.63) is 34.9 Å². The third-order valence-electron chi connectivity index (χ3n) is 4.30. The fourth-order valence-corrected chi connectivity index (χ4v) is 3.46. The zero-order chi connectivity index (χ0) is 13.3. The highest BCUT2D eigenvalue weighted by atomic mass is 16.3. The number of aliphatic hydroxyl groups excluding tert-OH is 1. The molecule has 1 unspecified atom stereocenters. The van der Waals surface area contributed by atoms with E-state index >= 15 is 0 Å². The molecule has 0 aromatic rings. The van der Waals surface area contributed by atoms with Crippen molar-refractivity contribution in [2.45, 2.75) is 52.6 Å². The van der Waals surface area contributed by atoms with E-state index in [0.717, 1.165) is 42.4 Å². The Morgan fingerprint density at radius 3 is 2.83 bits per heavy atom. The zero-order valence-corrected chi connectivity index (χ0v) is 11.5. The first kappa shape index (κ1) is 13.3. The Kier molecular flexibility index (Phi) is 3.58. The van der Waals surface area contributed by atoms with Gasteiger partial charge in [-0.2, -0.15) is 0 Å². The van der Waals surface area contributed by atoms with Crippen LogP contribution in [0.5, 0.6) is 0 Å². The van der Waals surface area contributed by atoms with E-state index in [-0.39, 0.29) is 11.2 Å². The molecule has 0 aliphatic heterocycles. The van der Waals surface area contributed by atoms with E-state index in [2.05, 4.69) is 6.92 Å². The van der Waals surface area contributed by atoms with Crippen molar-refractivity contribution in [3.8, 4) is 0 Å². The Morgan fingerprint density at radius 1 is 1.44 bits per heavy atom. The number of Topliss-reactive ketones (excluding diaryl/α,β-unsaturated/α-hetero) is 1. The minimum atomic E-state index is -0.420. The molecular weight excluding hydrogens is 224 g/mol. The fraction of sp³-hybridized carbons (Fsp3) is 0.562. The summed E-state index contributed by atoms with van der Waals surface area (Å²) in [5.41, 5.74) is 2.62. The summed E-state index contributed by atoms with van der Waals surface area (Å²) < 4.78 is 0. The van der Waals surface area contributed by atoms with Gasteiger partial charge in [-0.25, -0.2) is 0 Å². The molecule has 0 spiro atoms. The molecule has 18 heavy (non-hydrogen) atoms. The monoisotopic (exact) mass is 246 g/mol. The molecule has 1 fully saturated rings. The first-order valence-corrected chi connectivity index (χ1v) is 6.75. The van der Waals surface area contributed by atoms with Crippen LogP contribution in [0.4, 0.5) is 0 Å². The zero-order valence-electron chi connectivity index (χ0n) is 11.5. The molecule has 1 N–H and O–H groups in total. The number of rotatable bonds is 1. The summed E-state index contributed by atoms with van der Waals surface area (Å²) >= 11 is 0. The van der Waals surface area contributed by atoms with Gasteiger partial charge in [-0.1, -0.05) is 25.2 Å². The third kappa shape index (κ3) is 2.10. The normalized spacial score (nSPS) is 35.4. The smallest absolute Gasteiger partial charge is 0.184 e. The minimum absolute atomic E-state index is 0.0247. The van der Waals surface area contributed by atoms with Gasteiger partial charge in [0.25, 0.3) is 0 Å². The molecule has 0 bridgehead atoms. The van der Waals surface area contributed by atoms with Crippen LogP contribution in [0, 0.1) is 5.41 Å². The fourth-order valence-electron chi connectivity index (χ4n) is 3.46. The quantitative estimate of drug-likeness (QED) is 0.721. The second-order valence-electron chi connectivity index (χ2n) is 5.73. The van der Waals surface area contributed by atoms with Crippen molar-refractivity contribution >= 4 is 5.78 Å². The van der Waals surface area contributed by atoms with Gasteiger partial charge in [-0.15, -0.1) is 0 Å². The predicted molar refractivity (Wildman–Crippen MR) is 73.2 cm³/mol. The SMILES string of the molecule is C/C=C/C=C1\C[C@]2(C)CCCC(O)C2=C(C)C1=O. The number of fused-ring (bicyclic) bond motifs is 1. The van der Waals surface area contributed by atoms with E-state index in [0.29, 0.717) is 0 Å². The molecule has 0 radical (unpaired) electrons. The van der Waals surface area contributed by atoms with Crippen molar-refractivity contribution in [2.24, 2.45) is 5.41 Å². The average molecular weight is 246 g/mol. The molecule has 0 aromatic heterocycles. The van der Waals surface area contributed by atoms with Gasteiger partial charge in [-0.3, -0.25) is 4.79 Å². The molecule has 2 rings (SSSR count). The lowest BCUT2D eigenvalue weighted by Gasteiger charge is -2.43. The lowest BCUT2D eigenvalue weighted by molar-refractivity contribution is -0.113. The summed E-state index contributed by atoms with van der Waals surface area (Å²) in [5.74, 6) is 0.113. The second-order valence-corrected chi connectivity index (χ2v) is 5.73. The van der Waals surface area contributed by atoms with E-state index < -0.39 is 6.10 Å². The van der Waals surface area contributed by atoms with Crippen LogP contribution in [0.15, 0.2) is 34.9 Å². The summed E-state index contributed by atoms with van der Waals surface area (Å²) in [4.78, 5) is 12.3. The van der Waals surface area contributed by atoms with Crippen LogP contribution in [-0.4, -0.2) is 17.0 Å². The molecule has 0 heterocycles. The highest BCUT2D eigenvalue weighted by molar-refractivity contribution is 6.10. The van der Waals surface area contributed by atoms with Gasteiger partial charge in [0.1, 0.15) is 0 Å². The maximum Gasteiger partial charge on any atom is 0.184 e. The molecule has 2 heteroatoms. The molecule has 0 saturated heterocycles. The van der Waals surface area contributed by atoms with Crippen molar-refractivity contribution in [1.29, 1.82) is 0 Å². The van der Waals surface area contributed by atoms with Crippen molar-refractivity contribution < 1.29 is 9.90 Å². The third-order valence-corrected chi connectivity index (χ3v) is 4.30. The molecular formula is C16H22O2. The molecule has 2 nitrogen and oxygen atoms in total. The van der Waals surface area contributed by atoms with E-state index in [1.165, 1.54) is 0 Å². The van der Waals surface area contributed by atoms with Gasteiger partial charge in [0.05, 0.1) is 6.10 Å². The number of carbonyl (C=O) groups excluding carboxylic acids is 1. The van der Waals surface area contributed by atoms with Crippen LogP contribution in [-0.2, 0) is 4.79 Å². The van der Waals surface area contributed by atoms with Gasteiger partial charge >= 0.3 is 0 Å². The van der Waals surface area contributed by atoms with E-state index in [4.69, 9.17) is 0 Å². The van der Waals surface area contributed by atoms with Crippen LogP contribution in [0.3, 0.4) is 0 Å². The Morgan fingerprint density at radius 2 is 2.17 bits per heavy atom. The highest BCUT2D eigenvalue weighted by Crippen LogP contribution is 2.50. The minimum Gasteiger partial charge on any atom is -0.389 e. The van der Waals surface area contributed by atoms with Crippen molar-refractivity contribution in [3.63, 3.8) is 0 Å². The average Bonchev–Trinajstić information content (AvgIpc) is 2.32. The van der Waals surface area contributed by atoms with Crippen LogP contribution >= 0.6 is 0 Å². The molecule has 98 valence electrons. The largest absolute Gasteiger partial charge is 0.389 e. The number of carbonyl (C=O) groups is 1. The van der Waals surface area contributed by atoms with Crippen LogP contribution < -0.4 is 0 Å². The Hall–Kier alpha value is -1.15. The van der Waals surface area contributed by atoms with Gasteiger partial charge in [0, 0.05) is 5.57 Å². The van der Waals surface area contributed by atoms with E-state index in [9.17, 15) is 9.90 Å². The number of ketones is 1. The maximum absolute atomic E-state index is 12.3. The van der Waals surface area contributed by atoms with E-state index in [1.54, 1.807) is 0 Å². The number of hydrogen-bond donors (Lipinski definition) is 1. The number of hydrogen-bond acceptors (Lipinski definition) is 2. The second kappa shape index (κ2) is 4.85. The molecule has 1 saturated carbocycles. The maximum atomic E-state index is 12.3. The first-order chi connectivity index (χ1) is 8.49. The van der Waals surface area contributed by atoms with Crippen molar-refractivity contribution in [1.82, 2.24) is 0 Å². The Labute approximate surface area is 109 Å². The molecule has 2 aliphatic carbocycles. The lowest BCUT2D eigenvalue weighted by atomic mass is 9.61. The van der Waals surface area contributed by atoms with E-state index in [1.807, 2.05) is 32.1 Å². The number of allylic oxidation sites excluding steroid dienone is 5. The van der Waals surface area contributed by atoms with Gasteiger partial charge < -0.3 is 5.11 Å². The Balaban J connectivity index is 2.48. The van der Waals surface area contributed by atoms with Gasteiger partial charge in [-0.05, 0) is 56.1 Å².